The van der Waals surface area contributed by atoms with Gasteiger partial charge in [0.05, 0.1) is 5.56 Å². The largest absolute Gasteiger partial charge is 0.483 e. The number of anilines is 1. The van der Waals surface area contributed by atoms with Gasteiger partial charge in [-0.05, 0) is 61.1 Å². The molecule has 0 aliphatic heterocycles. The molecule has 0 saturated heterocycles. The SMILES string of the molecule is Cc1cccc(NC(=O)COc2ccc(C)c3c2C(=O)CC3C)c1C. The normalized spacial score (nSPS) is 15.8. The maximum absolute atomic E-state index is 12.3. The van der Waals surface area contributed by atoms with Gasteiger partial charge in [-0.25, -0.2) is 0 Å². The molecule has 2 aromatic rings. The molecule has 0 heterocycles. The van der Waals surface area contributed by atoms with Gasteiger partial charge in [-0.3, -0.25) is 9.59 Å². The number of amides is 1. The molecule has 2 aromatic carbocycles. The third kappa shape index (κ3) is 3.29. The molecule has 3 rings (SSSR count). The van der Waals surface area contributed by atoms with Gasteiger partial charge in [0.25, 0.3) is 5.91 Å². The zero-order valence-corrected chi connectivity index (χ0v) is 15.1. The van der Waals surface area contributed by atoms with E-state index in [0.29, 0.717) is 17.7 Å². The van der Waals surface area contributed by atoms with Crippen LogP contribution < -0.4 is 10.1 Å². The van der Waals surface area contributed by atoms with Crippen LogP contribution in [0.4, 0.5) is 5.69 Å². The van der Waals surface area contributed by atoms with Crippen molar-refractivity contribution in [3.63, 3.8) is 0 Å². The minimum absolute atomic E-state index is 0.0936. The molecule has 1 aliphatic carbocycles. The van der Waals surface area contributed by atoms with Crippen molar-refractivity contribution in [2.75, 3.05) is 11.9 Å². The minimum Gasteiger partial charge on any atom is -0.483 e. The maximum atomic E-state index is 12.3. The molecule has 4 heteroatoms. The van der Waals surface area contributed by atoms with Gasteiger partial charge < -0.3 is 10.1 Å². The molecule has 0 saturated carbocycles. The molecule has 1 unspecified atom stereocenters. The van der Waals surface area contributed by atoms with Crippen LogP contribution in [0.3, 0.4) is 0 Å². The molecular formula is C21H23NO3. The lowest BCUT2D eigenvalue weighted by Gasteiger charge is -2.14. The predicted octanol–water partition coefficient (Wildman–Crippen LogP) is 4.32. The second-order valence-corrected chi connectivity index (χ2v) is 6.78. The third-order valence-electron chi connectivity index (χ3n) is 4.93. The fourth-order valence-corrected chi connectivity index (χ4v) is 3.44. The molecule has 130 valence electrons. The van der Waals surface area contributed by atoms with Crippen LogP contribution in [0.15, 0.2) is 30.3 Å². The van der Waals surface area contributed by atoms with E-state index in [9.17, 15) is 9.59 Å². The lowest BCUT2D eigenvalue weighted by molar-refractivity contribution is -0.118. The number of hydrogen-bond donors (Lipinski definition) is 1. The topological polar surface area (TPSA) is 55.4 Å². The number of carbonyl (C=O) groups is 2. The Morgan fingerprint density at radius 1 is 1.16 bits per heavy atom. The van der Waals surface area contributed by atoms with Crippen LogP contribution in [-0.4, -0.2) is 18.3 Å². The van der Waals surface area contributed by atoms with Crippen LogP contribution >= 0.6 is 0 Å². The lowest BCUT2D eigenvalue weighted by Crippen LogP contribution is -2.21. The Balaban J connectivity index is 1.73. The van der Waals surface area contributed by atoms with Gasteiger partial charge in [0.1, 0.15) is 5.75 Å². The van der Waals surface area contributed by atoms with E-state index in [2.05, 4.69) is 5.32 Å². The van der Waals surface area contributed by atoms with Crippen molar-refractivity contribution < 1.29 is 14.3 Å². The predicted molar refractivity (Wildman–Crippen MR) is 98.6 cm³/mol. The van der Waals surface area contributed by atoms with E-state index in [-0.39, 0.29) is 24.2 Å². The summed E-state index contributed by atoms with van der Waals surface area (Å²) in [5.41, 5.74) is 5.74. The molecule has 4 nitrogen and oxygen atoms in total. The summed E-state index contributed by atoms with van der Waals surface area (Å²) in [4.78, 5) is 24.5. The fourth-order valence-electron chi connectivity index (χ4n) is 3.44. The van der Waals surface area contributed by atoms with E-state index in [4.69, 9.17) is 4.74 Å². The number of rotatable bonds is 4. The van der Waals surface area contributed by atoms with E-state index in [1.54, 1.807) is 6.07 Å². The standard InChI is InChI=1S/C21H23NO3/c1-12-6-5-7-16(15(12)4)22-19(24)11-25-18-9-8-13(2)20-14(3)10-17(23)21(18)20/h5-9,14H,10-11H2,1-4H3,(H,22,24). The van der Waals surface area contributed by atoms with Crippen molar-refractivity contribution in [2.45, 2.75) is 40.0 Å². The molecular weight excluding hydrogens is 314 g/mol. The van der Waals surface area contributed by atoms with Crippen molar-refractivity contribution in [2.24, 2.45) is 0 Å². The number of Topliss-reactive ketones (excluding diaryl/α,β-unsaturated/α-hetero) is 1. The van der Waals surface area contributed by atoms with E-state index in [1.165, 1.54) is 0 Å². The second kappa shape index (κ2) is 6.71. The van der Waals surface area contributed by atoms with Crippen molar-refractivity contribution in [3.8, 4) is 5.75 Å². The molecule has 1 aliphatic rings. The van der Waals surface area contributed by atoms with Gasteiger partial charge in [0.15, 0.2) is 12.4 Å². The highest BCUT2D eigenvalue weighted by Gasteiger charge is 2.31. The highest BCUT2D eigenvalue weighted by molar-refractivity contribution is 6.04. The van der Waals surface area contributed by atoms with Crippen LogP contribution in [0.25, 0.3) is 0 Å². The van der Waals surface area contributed by atoms with Gasteiger partial charge in [-0.15, -0.1) is 0 Å². The number of carbonyl (C=O) groups excluding carboxylic acids is 2. The number of nitrogens with one attached hydrogen (secondary N) is 1. The zero-order chi connectivity index (χ0) is 18.1. The molecule has 1 atom stereocenters. The van der Waals surface area contributed by atoms with Gasteiger partial charge in [-0.1, -0.05) is 25.1 Å². The van der Waals surface area contributed by atoms with Crippen molar-refractivity contribution in [1.29, 1.82) is 0 Å². The fraction of sp³-hybridized carbons (Fsp3) is 0.333. The van der Waals surface area contributed by atoms with Crippen molar-refractivity contribution in [3.05, 3.63) is 58.1 Å². The first kappa shape index (κ1) is 17.2. The summed E-state index contributed by atoms with van der Waals surface area (Å²) in [6.45, 7) is 7.91. The Labute approximate surface area is 148 Å². The second-order valence-electron chi connectivity index (χ2n) is 6.78. The molecule has 25 heavy (non-hydrogen) atoms. The Kier molecular flexibility index (Phi) is 4.62. The summed E-state index contributed by atoms with van der Waals surface area (Å²) in [5.74, 6) is 0.568. The molecule has 0 aromatic heterocycles. The van der Waals surface area contributed by atoms with Crippen LogP contribution in [0.5, 0.6) is 5.75 Å². The van der Waals surface area contributed by atoms with Gasteiger partial charge in [0, 0.05) is 12.1 Å². The Morgan fingerprint density at radius 3 is 2.68 bits per heavy atom. The van der Waals surface area contributed by atoms with E-state index in [0.717, 1.165) is 27.9 Å². The quantitative estimate of drug-likeness (QED) is 0.904. The minimum atomic E-state index is -0.235. The zero-order valence-electron chi connectivity index (χ0n) is 15.1. The van der Waals surface area contributed by atoms with Gasteiger partial charge in [-0.2, -0.15) is 0 Å². The number of fused-ring (bicyclic) bond motifs is 1. The maximum Gasteiger partial charge on any atom is 0.262 e. The summed E-state index contributed by atoms with van der Waals surface area (Å²) in [7, 11) is 0. The third-order valence-corrected chi connectivity index (χ3v) is 4.93. The molecule has 1 N–H and O–H groups in total. The van der Waals surface area contributed by atoms with E-state index < -0.39 is 0 Å². The Bertz CT molecular complexity index is 854. The number of ketones is 1. The molecule has 0 bridgehead atoms. The summed E-state index contributed by atoms with van der Waals surface area (Å²) >= 11 is 0. The summed E-state index contributed by atoms with van der Waals surface area (Å²) in [6, 6.07) is 9.52. The highest BCUT2D eigenvalue weighted by Crippen LogP contribution is 2.40. The Morgan fingerprint density at radius 2 is 1.92 bits per heavy atom. The lowest BCUT2D eigenvalue weighted by atomic mass is 9.97. The number of hydrogen-bond acceptors (Lipinski definition) is 3. The van der Waals surface area contributed by atoms with Gasteiger partial charge in [0.2, 0.25) is 0 Å². The number of aryl methyl sites for hydroxylation is 2. The summed E-state index contributed by atoms with van der Waals surface area (Å²) < 4.78 is 5.69. The average Bonchev–Trinajstić information content (AvgIpc) is 2.87. The monoisotopic (exact) mass is 337 g/mol. The van der Waals surface area contributed by atoms with Crippen LogP contribution in [0, 0.1) is 20.8 Å². The summed E-state index contributed by atoms with van der Waals surface area (Å²) in [5, 5.41) is 2.87. The van der Waals surface area contributed by atoms with Gasteiger partial charge >= 0.3 is 0 Å². The number of benzene rings is 2. The van der Waals surface area contributed by atoms with E-state index in [1.807, 2.05) is 52.0 Å². The average molecular weight is 337 g/mol. The van der Waals surface area contributed by atoms with E-state index >= 15 is 0 Å². The Hall–Kier alpha value is -2.62. The number of ether oxygens (including phenoxy) is 1. The molecule has 1 amide bonds. The van der Waals surface area contributed by atoms with Crippen LogP contribution in [-0.2, 0) is 4.79 Å². The molecule has 0 spiro atoms. The smallest absolute Gasteiger partial charge is 0.262 e. The first-order chi connectivity index (χ1) is 11.9. The van der Waals surface area contributed by atoms with Crippen LogP contribution in [0.1, 0.15) is 51.9 Å². The highest BCUT2D eigenvalue weighted by atomic mass is 16.5. The summed E-state index contributed by atoms with van der Waals surface area (Å²) in [6.07, 6.45) is 0.505. The van der Waals surface area contributed by atoms with Crippen molar-refractivity contribution in [1.82, 2.24) is 0 Å². The molecule has 0 radical (unpaired) electrons. The molecule has 0 fully saturated rings. The van der Waals surface area contributed by atoms with Crippen LogP contribution in [0.2, 0.25) is 0 Å². The van der Waals surface area contributed by atoms with Crippen molar-refractivity contribution >= 4 is 17.4 Å². The first-order valence-electron chi connectivity index (χ1n) is 8.54. The first-order valence-corrected chi connectivity index (χ1v) is 8.54.